The summed E-state index contributed by atoms with van der Waals surface area (Å²) in [7, 11) is 0. The second-order valence-electron chi connectivity index (χ2n) is 7.20. The fourth-order valence-electron chi connectivity index (χ4n) is 3.50. The number of hydrogen-bond acceptors (Lipinski definition) is 6. The number of nitrogens with zero attached hydrogens (tertiary/aromatic N) is 1. The Bertz CT molecular complexity index is 831. The highest BCUT2D eigenvalue weighted by atomic mass is 16.6. The van der Waals surface area contributed by atoms with E-state index in [0.717, 1.165) is 10.5 Å². The highest BCUT2D eigenvalue weighted by Gasteiger charge is 2.47. The lowest BCUT2D eigenvalue weighted by Gasteiger charge is -2.28. The molecule has 1 N–H and O–H groups in total. The number of cyclic esters (lactones) is 1. The van der Waals surface area contributed by atoms with Crippen LogP contribution >= 0.6 is 0 Å². The monoisotopic (exact) mass is 399 g/mol. The van der Waals surface area contributed by atoms with Gasteiger partial charge in [-0.15, -0.1) is 0 Å². The number of ketones is 1. The number of amides is 2. The molecule has 0 spiro atoms. The first-order valence-corrected chi connectivity index (χ1v) is 9.72. The van der Waals surface area contributed by atoms with Crippen molar-refractivity contribution in [3.63, 3.8) is 0 Å². The van der Waals surface area contributed by atoms with Crippen LogP contribution in [0.1, 0.15) is 38.4 Å². The summed E-state index contributed by atoms with van der Waals surface area (Å²) in [6.45, 7) is 3.38. The second kappa shape index (κ2) is 9.05. The van der Waals surface area contributed by atoms with Crippen LogP contribution in [0, 0.1) is 5.92 Å². The van der Waals surface area contributed by atoms with Gasteiger partial charge in [0.1, 0.15) is 11.9 Å². The predicted molar refractivity (Wildman–Crippen MR) is 105 cm³/mol. The Morgan fingerprint density at radius 3 is 2.62 bits per heavy atom. The van der Waals surface area contributed by atoms with Gasteiger partial charge in [0.25, 0.3) is 0 Å². The molecule has 0 bridgehead atoms. The number of imide groups is 1. The second-order valence-corrected chi connectivity index (χ2v) is 7.20. The van der Waals surface area contributed by atoms with E-state index in [9.17, 15) is 14.4 Å². The smallest absolute Gasteiger partial charge is 0.417 e. The largest absolute Gasteiger partial charge is 0.482 e. The van der Waals surface area contributed by atoms with Gasteiger partial charge in [0.05, 0.1) is 12.0 Å². The molecule has 1 fully saturated rings. The Balaban J connectivity index is 1.74. The molecule has 2 amide bonds. The summed E-state index contributed by atoms with van der Waals surface area (Å²) in [6.07, 6.45) is 3.56. The molecular weight excluding hydrogens is 374 g/mol. The summed E-state index contributed by atoms with van der Waals surface area (Å²) < 4.78 is 11.1. The highest BCUT2D eigenvalue weighted by molar-refractivity contribution is 6.01. The zero-order chi connectivity index (χ0) is 21.0. The number of unbranched alkanes of at least 4 members (excludes halogenated alkanes) is 1. The number of carbonyl (C=O) groups is 3. The van der Waals surface area contributed by atoms with Crippen LogP contribution in [0.2, 0.25) is 0 Å². The quantitative estimate of drug-likeness (QED) is 0.740. The molecule has 0 saturated carbocycles. The van der Waals surface area contributed by atoms with Crippen molar-refractivity contribution in [2.75, 3.05) is 6.61 Å². The van der Waals surface area contributed by atoms with Crippen molar-refractivity contribution < 1.29 is 29.0 Å². The van der Waals surface area contributed by atoms with E-state index < -0.39 is 36.2 Å². The molecule has 3 rings (SSSR count). The summed E-state index contributed by atoms with van der Waals surface area (Å²) in [5.74, 6) is -1.23. The van der Waals surface area contributed by atoms with E-state index in [1.807, 2.05) is 30.3 Å². The van der Waals surface area contributed by atoms with Gasteiger partial charge in [-0.1, -0.05) is 30.3 Å². The standard InChI is InChI=1S/C22H25NO6/c1-14(19-18(25)12-11-17(28-19)10-6-7-13-24)21(26)23-15(2)20(29-22(23)27)16-8-4-3-5-9-16/h3-5,8-12,14-15,19-20,24H,6-7,13H2,1-2H3/t14-,15-,19-,20-/m0/s1. The van der Waals surface area contributed by atoms with Crippen molar-refractivity contribution >= 4 is 17.8 Å². The van der Waals surface area contributed by atoms with Crippen molar-refractivity contribution in [1.82, 2.24) is 4.90 Å². The van der Waals surface area contributed by atoms with E-state index in [-0.39, 0.29) is 12.4 Å². The lowest BCUT2D eigenvalue weighted by molar-refractivity contribution is -0.142. The van der Waals surface area contributed by atoms with E-state index in [4.69, 9.17) is 14.6 Å². The van der Waals surface area contributed by atoms with E-state index in [1.165, 1.54) is 6.08 Å². The third kappa shape index (κ3) is 4.40. The van der Waals surface area contributed by atoms with Crippen LogP contribution in [0.5, 0.6) is 0 Å². The van der Waals surface area contributed by atoms with Crippen molar-refractivity contribution in [2.24, 2.45) is 5.92 Å². The molecule has 2 aliphatic rings. The first-order valence-electron chi connectivity index (χ1n) is 9.72. The molecular formula is C22H25NO6. The fraction of sp³-hybridized carbons (Fsp3) is 0.409. The molecule has 1 aromatic carbocycles. The predicted octanol–water partition coefficient (Wildman–Crippen LogP) is 2.91. The molecule has 2 aliphatic heterocycles. The van der Waals surface area contributed by atoms with E-state index in [1.54, 1.807) is 26.0 Å². The minimum absolute atomic E-state index is 0.0578. The molecule has 4 atom stereocenters. The number of aliphatic hydroxyl groups is 1. The Morgan fingerprint density at radius 1 is 1.21 bits per heavy atom. The van der Waals surface area contributed by atoms with E-state index in [0.29, 0.717) is 18.6 Å². The molecule has 0 aliphatic carbocycles. The van der Waals surface area contributed by atoms with Gasteiger partial charge in [-0.3, -0.25) is 9.59 Å². The summed E-state index contributed by atoms with van der Waals surface area (Å²) in [6, 6.07) is 8.72. The molecule has 154 valence electrons. The molecule has 29 heavy (non-hydrogen) atoms. The normalized spacial score (nSPS) is 26.4. The average molecular weight is 399 g/mol. The third-order valence-corrected chi connectivity index (χ3v) is 5.14. The Labute approximate surface area is 169 Å². The van der Waals surface area contributed by atoms with Crippen molar-refractivity contribution in [1.29, 1.82) is 0 Å². The fourth-order valence-corrected chi connectivity index (χ4v) is 3.50. The van der Waals surface area contributed by atoms with Crippen LogP contribution in [-0.2, 0) is 19.1 Å². The molecule has 7 heteroatoms. The van der Waals surface area contributed by atoms with Gasteiger partial charge in [0.2, 0.25) is 5.91 Å². The molecule has 1 aromatic rings. The number of aliphatic hydroxyl groups excluding tert-OH is 1. The molecule has 0 unspecified atom stereocenters. The number of hydrogen-bond donors (Lipinski definition) is 1. The lowest BCUT2D eigenvalue weighted by Crippen LogP contribution is -2.47. The van der Waals surface area contributed by atoms with Gasteiger partial charge in [0.15, 0.2) is 11.9 Å². The van der Waals surface area contributed by atoms with Crippen LogP contribution in [0.25, 0.3) is 0 Å². The lowest BCUT2D eigenvalue weighted by atomic mass is 9.95. The maximum absolute atomic E-state index is 13.1. The van der Waals surface area contributed by atoms with E-state index >= 15 is 0 Å². The minimum Gasteiger partial charge on any atom is -0.482 e. The molecule has 1 saturated heterocycles. The topological polar surface area (TPSA) is 93.1 Å². The van der Waals surface area contributed by atoms with Gasteiger partial charge in [-0.05, 0) is 50.5 Å². The van der Waals surface area contributed by atoms with Crippen LogP contribution in [0.15, 0.2) is 54.3 Å². The van der Waals surface area contributed by atoms with Crippen molar-refractivity contribution in [2.45, 2.75) is 44.9 Å². The molecule has 7 nitrogen and oxygen atoms in total. The van der Waals surface area contributed by atoms with Crippen molar-refractivity contribution in [3.05, 3.63) is 59.9 Å². The van der Waals surface area contributed by atoms with E-state index in [2.05, 4.69) is 0 Å². The van der Waals surface area contributed by atoms with Crippen LogP contribution < -0.4 is 0 Å². The Kier molecular flexibility index (Phi) is 6.49. The van der Waals surface area contributed by atoms with Crippen LogP contribution in [0.4, 0.5) is 4.79 Å². The Hall–Kier alpha value is -2.93. The summed E-state index contributed by atoms with van der Waals surface area (Å²) in [5.41, 5.74) is 0.804. The molecule has 0 aromatic heterocycles. The minimum atomic E-state index is -1.01. The van der Waals surface area contributed by atoms with Crippen molar-refractivity contribution in [3.8, 4) is 0 Å². The zero-order valence-corrected chi connectivity index (χ0v) is 16.5. The van der Waals surface area contributed by atoms with Gasteiger partial charge in [-0.2, -0.15) is 0 Å². The summed E-state index contributed by atoms with van der Waals surface area (Å²) in [4.78, 5) is 38.9. The average Bonchev–Trinajstić information content (AvgIpc) is 3.03. The SMILES string of the molecule is C[C@H](C(=O)N1C(=O)O[C@H](c2ccccc2)[C@@H]1C)[C@@H]1OC(=CCCCO)C=CC1=O. The zero-order valence-electron chi connectivity index (χ0n) is 16.5. The van der Waals surface area contributed by atoms with Gasteiger partial charge in [-0.25, -0.2) is 9.69 Å². The maximum Gasteiger partial charge on any atom is 0.417 e. The van der Waals surface area contributed by atoms with Crippen LogP contribution in [-0.4, -0.2) is 46.5 Å². The summed E-state index contributed by atoms with van der Waals surface area (Å²) >= 11 is 0. The first-order chi connectivity index (χ1) is 13.9. The van der Waals surface area contributed by atoms with Gasteiger partial charge in [0, 0.05) is 6.61 Å². The number of allylic oxidation sites excluding steroid dienone is 2. The maximum atomic E-state index is 13.1. The first kappa shape index (κ1) is 20.8. The number of rotatable bonds is 6. The van der Waals surface area contributed by atoms with Crippen LogP contribution in [0.3, 0.4) is 0 Å². The van der Waals surface area contributed by atoms with Gasteiger partial charge < -0.3 is 14.6 Å². The van der Waals surface area contributed by atoms with Gasteiger partial charge >= 0.3 is 6.09 Å². The number of carbonyl (C=O) groups excluding carboxylic acids is 3. The Morgan fingerprint density at radius 2 is 1.93 bits per heavy atom. The molecule has 0 radical (unpaired) electrons. The number of ether oxygens (including phenoxy) is 2. The third-order valence-electron chi connectivity index (χ3n) is 5.14. The highest BCUT2D eigenvalue weighted by Crippen LogP contribution is 2.34. The number of benzene rings is 1. The summed E-state index contributed by atoms with van der Waals surface area (Å²) in [5, 5.41) is 8.89. The molecule has 2 heterocycles.